The molecule has 0 aliphatic rings. The van der Waals surface area contributed by atoms with E-state index in [1.165, 1.54) is 6.07 Å². The van der Waals surface area contributed by atoms with E-state index in [1.54, 1.807) is 13.0 Å². The molecule has 0 unspecified atom stereocenters. The minimum atomic E-state index is -4.29. The lowest BCUT2D eigenvalue weighted by molar-refractivity contribution is -0.137. The van der Waals surface area contributed by atoms with Gasteiger partial charge in [0.05, 0.1) is 5.56 Å². The van der Waals surface area contributed by atoms with Gasteiger partial charge in [0.1, 0.15) is 0 Å². The van der Waals surface area contributed by atoms with Gasteiger partial charge in [-0.3, -0.25) is 0 Å². The summed E-state index contributed by atoms with van der Waals surface area (Å²) in [5.74, 6) is -0.0199. The molecule has 0 fully saturated rings. The molecule has 1 aromatic rings. The first-order chi connectivity index (χ1) is 6.93. The number of aliphatic hydroxyl groups is 1. The van der Waals surface area contributed by atoms with E-state index in [2.05, 4.69) is 0 Å². The van der Waals surface area contributed by atoms with Crippen LogP contribution in [0.3, 0.4) is 0 Å². The molecule has 1 atom stereocenters. The number of rotatable bonds is 3. The van der Waals surface area contributed by atoms with Gasteiger partial charge in [0.15, 0.2) is 0 Å². The summed E-state index contributed by atoms with van der Waals surface area (Å²) in [4.78, 5) is 0. The number of alkyl halides is 3. The van der Waals surface area contributed by atoms with Crippen molar-refractivity contribution in [1.82, 2.24) is 0 Å². The lowest BCUT2D eigenvalue weighted by Crippen LogP contribution is -2.08. The van der Waals surface area contributed by atoms with Crippen molar-refractivity contribution in [2.24, 2.45) is 5.92 Å². The molecule has 0 bridgehead atoms. The van der Waals surface area contributed by atoms with Crippen molar-refractivity contribution in [3.8, 4) is 0 Å². The Labute approximate surface area is 86.5 Å². The molecular formula is C11H13F3O. The molecule has 84 valence electrons. The van der Waals surface area contributed by atoms with Crippen LogP contribution in [0.4, 0.5) is 13.2 Å². The average molecular weight is 218 g/mol. The minimum Gasteiger partial charge on any atom is -0.396 e. The number of aliphatic hydroxyl groups excluding tert-OH is 1. The van der Waals surface area contributed by atoms with Crippen LogP contribution >= 0.6 is 0 Å². The van der Waals surface area contributed by atoms with Gasteiger partial charge in [0.2, 0.25) is 0 Å². The Balaban J connectivity index is 2.84. The average Bonchev–Trinajstić information content (AvgIpc) is 2.17. The SMILES string of the molecule is C[C@H](CO)Cc1cccc(C(F)(F)F)c1. The van der Waals surface area contributed by atoms with Crippen molar-refractivity contribution >= 4 is 0 Å². The summed E-state index contributed by atoms with van der Waals surface area (Å²) >= 11 is 0. The number of halogens is 3. The maximum absolute atomic E-state index is 12.3. The molecule has 0 saturated heterocycles. The van der Waals surface area contributed by atoms with Crippen molar-refractivity contribution in [3.05, 3.63) is 35.4 Å². The first-order valence-corrected chi connectivity index (χ1v) is 4.70. The van der Waals surface area contributed by atoms with Crippen LogP contribution in [-0.2, 0) is 12.6 Å². The summed E-state index contributed by atoms with van der Waals surface area (Å²) in [6.45, 7) is 1.77. The van der Waals surface area contributed by atoms with Crippen LogP contribution in [0, 0.1) is 5.92 Å². The number of hydrogen-bond donors (Lipinski definition) is 1. The first kappa shape index (κ1) is 12.0. The molecule has 4 heteroatoms. The normalized spacial score (nSPS) is 13.9. The third-order valence-electron chi connectivity index (χ3n) is 2.15. The van der Waals surface area contributed by atoms with Crippen molar-refractivity contribution in [2.75, 3.05) is 6.61 Å². The lowest BCUT2D eigenvalue weighted by atomic mass is 10.0. The van der Waals surface area contributed by atoms with Gasteiger partial charge in [-0.15, -0.1) is 0 Å². The molecule has 0 saturated carbocycles. The van der Waals surface area contributed by atoms with Gasteiger partial charge >= 0.3 is 6.18 Å². The highest BCUT2D eigenvalue weighted by Crippen LogP contribution is 2.29. The highest BCUT2D eigenvalue weighted by Gasteiger charge is 2.30. The van der Waals surface area contributed by atoms with E-state index in [0.717, 1.165) is 12.1 Å². The molecule has 1 rings (SSSR count). The Hall–Kier alpha value is -1.03. The second kappa shape index (κ2) is 4.66. The van der Waals surface area contributed by atoms with E-state index in [4.69, 9.17) is 5.11 Å². The quantitative estimate of drug-likeness (QED) is 0.827. The molecule has 0 spiro atoms. The van der Waals surface area contributed by atoms with Crippen molar-refractivity contribution in [1.29, 1.82) is 0 Å². The van der Waals surface area contributed by atoms with Crippen LogP contribution in [0.2, 0.25) is 0 Å². The van der Waals surface area contributed by atoms with Crippen LogP contribution in [0.25, 0.3) is 0 Å². The van der Waals surface area contributed by atoms with Crippen LogP contribution in [-0.4, -0.2) is 11.7 Å². The van der Waals surface area contributed by atoms with Gasteiger partial charge in [0, 0.05) is 6.61 Å². The molecule has 1 nitrogen and oxygen atoms in total. The topological polar surface area (TPSA) is 20.2 Å². The molecule has 0 amide bonds. The molecule has 0 aromatic heterocycles. The fraction of sp³-hybridized carbons (Fsp3) is 0.455. The van der Waals surface area contributed by atoms with Crippen LogP contribution < -0.4 is 0 Å². The highest BCUT2D eigenvalue weighted by molar-refractivity contribution is 5.25. The minimum absolute atomic E-state index is 0.0176. The number of benzene rings is 1. The van der Waals surface area contributed by atoms with Crippen molar-refractivity contribution in [2.45, 2.75) is 19.5 Å². The summed E-state index contributed by atoms with van der Waals surface area (Å²) in [5.41, 5.74) is -0.0310. The second-order valence-electron chi connectivity index (χ2n) is 3.69. The largest absolute Gasteiger partial charge is 0.416 e. The van der Waals surface area contributed by atoms with Crippen LogP contribution in [0.1, 0.15) is 18.1 Å². The fourth-order valence-corrected chi connectivity index (χ4v) is 1.34. The lowest BCUT2D eigenvalue weighted by Gasteiger charge is -2.11. The zero-order chi connectivity index (χ0) is 11.5. The summed E-state index contributed by atoms with van der Waals surface area (Å²) in [5, 5.41) is 8.80. The van der Waals surface area contributed by atoms with Gasteiger partial charge in [-0.1, -0.05) is 25.1 Å². The Bertz CT molecular complexity index is 320. The predicted octanol–water partition coefficient (Wildman–Crippen LogP) is 2.88. The molecule has 1 N–H and O–H groups in total. The predicted molar refractivity (Wildman–Crippen MR) is 51.4 cm³/mol. The molecule has 1 aromatic carbocycles. The standard InChI is InChI=1S/C11H13F3O/c1-8(7-15)5-9-3-2-4-10(6-9)11(12,13)14/h2-4,6,8,15H,5,7H2,1H3/t8-/m0/s1. The van der Waals surface area contributed by atoms with E-state index < -0.39 is 11.7 Å². The Kier molecular flexibility index (Phi) is 3.74. The Morgan fingerprint density at radius 2 is 2.00 bits per heavy atom. The highest BCUT2D eigenvalue weighted by atomic mass is 19.4. The van der Waals surface area contributed by atoms with Gasteiger partial charge < -0.3 is 5.11 Å². The smallest absolute Gasteiger partial charge is 0.396 e. The van der Waals surface area contributed by atoms with E-state index >= 15 is 0 Å². The number of hydrogen-bond acceptors (Lipinski definition) is 1. The van der Waals surface area contributed by atoms with E-state index in [0.29, 0.717) is 12.0 Å². The monoisotopic (exact) mass is 218 g/mol. The molecule has 0 heterocycles. The molecule has 0 radical (unpaired) electrons. The Morgan fingerprint density at radius 1 is 1.33 bits per heavy atom. The fourth-order valence-electron chi connectivity index (χ4n) is 1.34. The van der Waals surface area contributed by atoms with Crippen LogP contribution in [0.15, 0.2) is 24.3 Å². The van der Waals surface area contributed by atoms with E-state index in [9.17, 15) is 13.2 Å². The zero-order valence-electron chi connectivity index (χ0n) is 8.38. The van der Waals surface area contributed by atoms with E-state index in [-0.39, 0.29) is 12.5 Å². The maximum Gasteiger partial charge on any atom is 0.416 e. The molecule has 0 aliphatic carbocycles. The summed E-state index contributed by atoms with van der Waals surface area (Å²) in [6, 6.07) is 5.21. The van der Waals surface area contributed by atoms with Crippen LogP contribution in [0.5, 0.6) is 0 Å². The molecular weight excluding hydrogens is 205 g/mol. The third kappa shape index (κ3) is 3.55. The van der Waals surface area contributed by atoms with E-state index in [1.807, 2.05) is 0 Å². The van der Waals surface area contributed by atoms with Crippen molar-refractivity contribution in [3.63, 3.8) is 0 Å². The van der Waals surface area contributed by atoms with Gasteiger partial charge in [0.25, 0.3) is 0 Å². The third-order valence-corrected chi connectivity index (χ3v) is 2.15. The summed E-state index contributed by atoms with van der Waals surface area (Å²) in [7, 11) is 0. The molecule has 0 aliphatic heterocycles. The Morgan fingerprint density at radius 3 is 2.53 bits per heavy atom. The second-order valence-corrected chi connectivity index (χ2v) is 3.69. The maximum atomic E-state index is 12.3. The zero-order valence-corrected chi connectivity index (χ0v) is 8.38. The van der Waals surface area contributed by atoms with Gasteiger partial charge in [-0.2, -0.15) is 13.2 Å². The van der Waals surface area contributed by atoms with Gasteiger partial charge in [-0.05, 0) is 24.0 Å². The van der Waals surface area contributed by atoms with Gasteiger partial charge in [-0.25, -0.2) is 0 Å². The summed E-state index contributed by atoms with van der Waals surface area (Å²) in [6.07, 6.45) is -3.83. The van der Waals surface area contributed by atoms with Crippen molar-refractivity contribution < 1.29 is 18.3 Å². The first-order valence-electron chi connectivity index (χ1n) is 4.70. The molecule has 15 heavy (non-hydrogen) atoms. The summed E-state index contributed by atoms with van der Waals surface area (Å²) < 4.78 is 37.0.